The molecule has 4 heteroatoms. The maximum absolute atomic E-state index is 6.15. The minimum atomic E-state index is 0.135. The maximum Gasteiger partial charge on any atom is 0.137 e. The van der Waals surface area contributed by atoms with Crippen molar-refractivity contribution in [3.8, 4) is 5.75 Å². The number of hydrogen-bond donors (Lipinski definition) is 0. The molecule has 0 aliphatic heterocycles. The first-order valence-corrected chi connectivity index (χ1v) is 7.72. The van der Waals surface area contributed by atoms with Crippen molar-refractivity contribution in [3.63, 3.8) is 0 Å². The lowest BCUT2D eigenvalue weighted by molar-refractivity contribution is 0.415. The van der Waals surface area contributed by atoms with Crippen LogP contribution in [0.4, 0.5) is 0 Å². The third kappa shape index (κ3) is 3.19. The van der Waals surface area contributed by atoms with E-state index >= 15 is 0 Å². The average Bonchev–Trinajstić information content (AvgIpc) is 2.37. The molecule has 0 aromatic heterocycles. The number of methoxy groups -OCH3 is 1. The van der Waals surface area contributed by atoms with Crippen molar-refractivity contribution < 1.29 is 4.74 Å². The van der Waals surface area contributed by atoms with Crippen molar-refractivity contribution in [2.24, 2.45) is 0 Å². The Morgan fingerprint density at radius 3 is 2.50 bits per heavy atom. The van der Waals surface area contributed by atoms with E-state index in [-0.39, 0.29) is 4.83 Å². The van der Waals surface area contributed by atoms with Crippen molar-refractivity contribution in [3.05, 3.63) is 62.2 Å². The van der Waals surface area contributed by atoms with Gasteiger partial charge >= 0.3 is 0 Å². The van der Waals surface area contributed by atoms with Crippen LogP contribution in [0.15, 0.2) is 42.5 Å². The van der Waals surface area contributed by atoms with E-state index in [4.69, 9.17) is 16.3 Å². The van der Waals surface area contributed by atoms with Crippen LogP contribution in [0.1, 0.15) is 16.0 Å². The fraction of sp³-hybridized carbons (Fsp3) is 0.143. The normalized spacial score (nSPS) is 12.2. The van der Waals surface area contributed by atoms with Gasteiger partial charge in [-0.3, -0.25) is 0 Å². The van der Waals surface area contributed by atoms with Gasteiger partial charge in [0.25, 0.3) is 0 Å². The Bertz CT molecular complexity index is 559. The van der Waals surface area contributed by atoms with E-state index in [0.717, 1.165) is 5.56 Å². The summed E-state index contributed by atoms with van der Waals surface area (Å²) < 4.78 is 6.37. The predicted molar refractivity (Wildman–Crippen MR) is 87.9 cm³/mol. The Kier molecular flexibility index (Phi) is 4.92. The molecule has 0 fully saturated rings. The SMILES string of the molecule is COc1ccc(C(Br)c2cccc(I)c2)cc1Cl. The predicted octanol–water partition coefficient (Wildman–Crippen LogP) is 5.44. The highest BCUT2D eigenvalue weighted by Gasteiger charge is 2.12. The minimum absolute atomic E-state index is 0.135. The summed E-state index contributed by atoms with van der Waals surface area (Å²) in [6, 6.07) is 14.2. The summed E-state index contributed by atoms with van der Waals surface area (Å²) in [5.41, 5.74) is 2.32. The van der Waals surface area contributed by atoms with E-state index in [1.54, 1.807) is 7.11 Å². The van der Waals surface area contributed by atoms with Gasteiger partial charge in [0.2, 0.25) is 0 Å². The van der Waals surface area contributed by atoms with Crippen LogP contribution in [-0.4, -0.2) is 7.11 Å². The second-order valence-electron chi connectivity index (χ2n) is 3.81. The topological polar surface area (TPSA) is 9.23 Å². The smallest absolute Gasteiger partial charge is 0.137 e. The molecule has 1 nitrogen and oxygen atoms in total. The Morgan fingerprint density at radius 1 is 1.17 bits per heavy atom. The summed E-state index contributed by atoms with van der Waals surface area (Å²) in [6.07, 6.45) is 0. The summed E-state index contributed by atoms with van der Waals surface area (Å²) in [6.45, 7) is 0. The highest BCUT2D eigenvalue weighted by Crippen LogP contribution is 2.35. The second-order valence-corrected chi connectivity index (χ2v) is 6.38. The third-order valence-electron chi connectivity index (χ3n) is 2.61. The molecule has 2 aromatic rings. The van der Waals surface area contributed by atoms with Crippen LogP contribution in [-0.2, 0) is 0 Å². The summed E-state index contributed by atoms with van der Waals surface area (Å²) in [5.74, 6) is 0.697. The largest absolute Gasteiger partial charge is 0.495 e. The van der Waals surface area contributed by atoms with Crippen LogP contribution >= 0.6 is 50.1 Å². The van der Waals surface area contributed by atoms with Gasteiger partial charge < -0.3 is 4.74 Å². The van der Waals surface area contributed by atoms with Crippen LogP contribution in [0.5, 0.6) is 5.75 Å². The third-order valence-corrected chi connectivity index (χ3v) is 4.63. The van der Waals surface area contributed by atoms with Crippen molar-refractivity contribution >= 4 is 50.1 Å². The van der Waals surface area contributed by atoms with Gasteiger partial charge in [-0.25, -0.2) is 0 Å². The molecule has 0 bridgehead atoms. The molecule has 0 aliphatic rings. The fourth-order valence-corrected chi connectivity index (χ4v) is 3.10. The second kappa shape index (κ2) is 6.26. The summed E-state index contributed by atoms with van der Waals surface area (Å²) in [4.78, 5) is 0.135. The molecule has 0 saturated carbocycles. The van der Waals surface area contributed by atoms with E-state index in [1.165, 1.54) is 9.13 Å². The highest BCUT2D eigenvalue weighted by molar-refractivity contribution is 14.1. The first-order valence-electron chi connectivity index (χ1n) is 5.35. The molecule has 2 rings (SSSR count). The lowest BCUT2D eigenvalue weighted by Gasteiger charge is -2.13. The Hall–Kier alpha value is -0.260. The van der Waals surface area contributed by atoms with Crippen LogP contribution in [0.2, 0.25) is 5.02 Å². The average molecular weight is 438 g/mol. The Balaban J connectivity index is 2.34. The van der Waals surface area contributed by atoms with Gasteiger partial charge in [-0.15, -0.1) is 0 Å². The summed E-state index contributed by atoms with van der Waals surface area (Å²) in [5, 5.41) is 0.630. The zero-order valence-corrected chi connectivity index (χ0v) is 14.2. The zero-order valence-electron chi connectivity index (χ0n) is 9.66. The van der Waals surface area contributed by atoms with Gasteiger partial charge in [-0.05, 0) is 58.0 Å². The monoisotopic (exact) mass is 436 g/mol. The number of halogens is 3. The number of hydrogen-bond acceptors (Lipinski definition) is 1. The lowest BCUT2D eigenvalue weighted by atomic mass is 10.0. The number of benzene rings is 2. The van der Waals surface area contributed by atoms with E-state index in [1.807, 2.05) is 18.2 Å². The Morgan fingerprint density at radius 2 is 1.89 bits per heavy atom. The number of alkyl halides is 1. The van der Waals surface area contributed by atoms with Crippen molar-refractivity contribution in [1.82, 2.24) is 0 Å². The summed E-state index contributed by atoms with van der Waals surface area (Å²) >= 11 is 12.2. The number of rotatable bonds is 3. The van der Waals surface area contributed by atoms with Crippen LogP contribution in [0, 0.1) is 3.57 Å². The van der Waals surface area contributed by atoms with Crippen molar-refractivity contribution in [2.75, 3.05) is 7.11 Å². The first kappa shape index (κ1) is 14.2. The van der Waals surface area contributed by atoms with Crippen LogP contribution < -0.4 is 4.74 Å². The van der Waals surface area contributed by atoms with E-state index in [0.29, 0.717) is 10.8 Å². The molecule has 0 amide bonds. The Labute approximate surface area is 134 Å². The molecule has 0 saturated heterocycles. The van der Waals surface area contributed by atoms with Crippen molar-refractivity contribution in [1.29, 1.82) is 0 Å². The quantitative estimate of drug-likeness (QED) is 0.459. The molecule has 1 unspecified atom stereocenters. The molecule has 0 radical (unpaired) electrons. The van der Waals surface area contributed by atoms with Crippen LogP contribution in [0.3, 0.4) is 0 Å². The van der Waals surface area contributed by atoms with Gasteiger partial charge in [0, 0.05) is 3.57 Å². The molecular formula is C14H11BrClIO. The molecule has 18 heavy (non-hydrogen) atoms. The molecular weight excluding hydrogens is 426 g/mol. The molecule has 94 valence electrons. The fourth-order valence-electron chi connectivity index (χ4n) is 1.70. The van der Waals surface area contributed by atoms with Gasteiger partial charge in [-0.1, -0.05) is 45.7 Å². The van der Waals surface area contributed by atoms with Gasteiger partial charge in [-0.2, -0.15) is 0 Å². The van der Waals surface area contributed by atoms with E-state index in [2.05, 4.69) is 62.8 Å². The van der Waals surface area contributed by atoms with Crippen molar-refractivity contribution in [2.45, 2.75) is 4.83 Å². The zero-order chi connectivity index (χ0) is 13.1. The molecule has 1 atom stereocenters. The molecule has 0 spiro atoms. The highest BCUT2D eigenvalue weighted by atomic mass is 127. The van der Waals surface area contributed by atoms with Crippen LogP contribution in [0.25, 0.3) is 0 Å². The summed E-state index contributed by atoms with van der Waals surface area (Å²) in [7, 11) is 1.62. The maximum atomic E-state index is 6.15. The molecule has 0 N–H and O–H groups in total. The number of ether oxygens (including phenoxy) is 1. The molecule has 2 aromatic carbocycles. The minimum Gasteiger partial charge on any atom is -0.495 e. The van der Waals surface area contributed by atoms with Gasteiger partial charge in [0.05, 0.1) is 17.0 Å². The first-order chi connectivity index (χ1) is 8.61. The molecule has 0 heterocycles. The van der Waals surface area contributed by atoms with E-state index in [9.17, 15) is 0 Å². The molecule has 0 aliphatic carbocycles. The van der Waals surface area contributed by atoms with Gasteiger partial charge in [0.15, 0.2) is 0 Å². The van der Waals surface area contributed by atoms with Gasteiger partial charge in [0.1, 0.15) is 5.75 Å². The lowest BCUT2D eigenvalue weighted by Crippen LogP contribution is -1.94. The standard InChI is InChI=1S/C14H11BrClIO/c1-18-13-6-5-10(8-12(13)16)14(15)9-3-2-4-11(17)7-9/h2-8,14H,1H3. The van der Waals surface area contributed by atoms with E-state index < -0.39 is 0 Å².